The summed E-state index contributed by atoms with van der Waals surface area (Å²) < 4.78 is 36.5. The Hall–Kier alpha value is -2.51. The van der Waals surface area contributed by atoms with Gasteiger partial charge in [0.1, 0.15) is 11.3 Å². The molecular formula is C38H48ClN2O6S2+. The highest BCUT2D eigenvalue weighted by Crippen LogP contribution is 2.46. The highest BCUT2D eigenvalue weighted by Gasteiger charge is 2.25. The van der Waals surface area contributed by atoms with Crippen LogP contribution in [0.25, 0.3) is 16.3 Å². The average Bonchev–Trinajstić information content (AvgIpc) is 3.66. The number of allylic oxidation sites excluding steroid dienone is 6. The van der Waals surface area contributed by atoms with E-state index in [0.29, 0.717) is 66.1 Å². The maximum absolute atomic E-state index is 7.10. The van der Waals surface area contributed by atoms with Gasteiger partial charge in [-0.1, -0.05) is 71.1 Å². The van der Waals surface area contributed by atoms with E-state index in [1.54, 1.807) is 37.3 Å². The molecule has 49 heavy (non-hydrogen) atoms. The Bertz CT molecular complexity index is 1600. The number of thioether (sulfide) groups is 1. The second-order valence-corrected chi connectivity index (χ2v) is 13.9. The quantitative estimate of drug-likeness (QED) is 0.0821. The summed E-state index contributed by atoms with van der Waals surface area (Å²) in [6, 6.07) is 17.1. The van der Waals surface area contributed by atoms with Crippen molar-refractivity contribution < 1.29 is 33.0 Å². The Balaban J connectivity index is 1.24. The molecule has 0 atom stereocenters. The molecule has 0 N–H and O–H groups in total. The molecule has 11 heteroatoms. The molecule has 8 nitrogen and oxygen atoms in total. The van der Waals surface area contributed by atoms with Gasteiger partial charge < -0.3 is 33.3 Å². The van der Waals surface area contributed by atoms with Crippen LogP contribution in [0, 0.1) is 0 Å². The van der Waals surface area contributed by atoms with Gasteiger partial charge in [0.05, 0.1) is 70.2 Å². The first-order chi connectivity index (χ1) is 24.2. The maximum atomic E-state index is 7.10. The Morgan fingerprint density at radius 3 is 2.20 bits per heavy atom. The molecule has 1 aliphatic heterocycles. The molecule has 1 aliphatic carbocycles. The van der Waals surface area contributed by atoms with Crippen LogP contribution in [-0.4, -0.2) is 86.8 Å². The predicted molar refractivity (Wildman–Crippen MR) is 201 cm³/mol. The molecular weight excluding hydrogens is 680 g/mol. The first-order valence-corrected chi connectivity index (χ1v) is 18.9. The first-order valence-electron chi connectivity index (χ1n) is 16.9. The van der Waals surface area contributed by atoms with Crippen LogP contribution < -0.4 is 9.47 Å². The molecule has 2 aliphatic rings. The van der Waals surface area contributed by atoms with Gasteiger partial charge in [-0.25, -0.2) is 0 Å². The van der Waals surface area contributed by atoms with E-state index in [0.717, 1.165) is 37.4 Å². The Morgan fingerprint density at radius 1 is 0.755 bits per heavy atom. The summed E-state index contributed by atoms with van der Waals surface area (Å²) >= 11 is 10.7. The standard InChI is InChI=1S/C38H48ClN2O6S2/c1-42-22-24-46-28-26-44-20-18-40-32-10-3-5-12-34(32)48-36(40)16-14-30-8-7-9-31(38(30)39)15-17-37-41(33-11-4-6-13-35(33)49-37)19-21-45-27-29-47-25-23-43-2/h3-6,10-17H,7-9,18-29H2,1-2H3/q+1. The van der Waals surface area contributed by atoms with Crippen molar-refractivity contribution in [2.45, 2.75) is 30.7 Å². The molecule has 264 valence electrons. The van der Waals surface area contributed by atoms with Gasteiger partial charge in [0.2, 0.25) is 5.52 Å². The van der Waals surface area contributed by atoms with Crippen molar-refractivity contribution in [1.29, 1.82) is 0 Å². The number of anilines is 1. The van der Waals surface area contributed by atoms with E-state index in [-0.39, 0.29) is 0 Å². The number of fused-ring (bicyclic) bond motifs is 2. The van der Waals surface area contributed by atoms with Crippen LogP contribution in [0.1, 0.15) is 24.3 Å². The number of thiazole rings is 1. The number of aromatic nitrogens is 1. The summed E-state index contributed by atoms with van der Waals surface area (Å²) in [5.41, 5.74) is 4.77. The van der Waals surface area contributed by atoms with Crippen molar-refractivity contribution in [2.24, 2.45) is 0 Å². The van der Waals surface area contributed by atoms with Crippen LogP contribution in [0.3, 0.4) is 0 Å². The highest BCUT2D eigenvalue weighted by atomic mass is 35.5. The van der Waals surface area contributed by atoms with Crippen molar-refractivity contribution in [3.63, 3.8) is 0 Å². The minimum absolute atomic E-state index is 0.562. The fourth-order valence-electron chi connectivity index (χ4n) is 5.61. The lowest BCUT2D eigenvalue weighted by atomic mass is 9.94. The van der Waals surface area contributed by atoms with Crippen LogP contribution in [0.5, 0.6) is 0 Å². The summed E-state index contributed by atoms with van der Waals surface area (Å²) in [5, 5.41) is 3.21. The van der Waals surface area contributed by atoms with Crippen LogP contribution >= 0.6 is 34.7 Å². The number of ether oxygens (including phenoxy) is 6. The molecule has 0 radical (unpaired) electrons. The maximum Gasteiger partial charge on any atom is 0.262 e. The van der Waals surface area contributed by atoms with E-state index in [9.17, 15) is 0 Å². The molecule has 0 amide bonds. The van der Waals surface area contributed by atoms with Gasteiger partial charge in [-0.15, -0.1) is 0 Å². The molecule has 0 spiro atoms. The van der Waals surface area contributed by atoms with E-state index in [1.165, 1.54) is 42.0 Å². The average molecular weight is 728 g/mol. The Labute approximate surface area is 303 Å². The van der Waals surface area contributed by atoms with Crippen molar-refractivity contribution in [1.82, 2.24) is 0 Å². The fourth-order valence-corrected chi connectivity index (χ4v) is 8.10. The number of methoxy groups -OCH3 is 2. The molecule has 0 saturated carbocycles. The van der Waals surface area contributed by atoms with Gasteiger partial charge in [0.15, 0.2) is 6.54 Å². The lowest BCUT2D eigenvalue weighted by Crippen LogP contribution is -2.37. The fraction of sp³-hybridized carbons (Fsp3) is 0.447. The van der Waals surface area contributed by atoms with Gasteiger partial charge in [0, 0.05) is 42.8 Å². The largest absolute Gasteiger partial charge is 0.382 e. The summed E-state index contributed by atoms with van der Waals surface area (Å²) in [6.07, 6.45) is 11.8. The highest BCUT2D eigenvalue weighted by molar-refractivity contribution is 8.03. The SMILES string of the molecule is COCCOCCOCCN1/C(=C/C=C2\CCCC(/C=C/c3sc4ccccc4[n+]3CCOCCOCCOC)=C2Cl)Sc2ccccc21. The second kappa shape index (κ2) is 21.0. The van der Waals surface area contributed by atoms with Crippen molar-refractivity contribution >= 4 is 56.7 Å². The van der Waals surface area contributed by atoms with E-state index >= 15 is 0 Å². The third kappa shape index (κ3) is 11.2. The van der Waals surface area contributed by atoms with Crippen molar-refractivity contribution in [3.05, 3.63) is 93.0 Å². The zero-order chi connectivity index (χ0) is 34.1. The number of rotatable bonds is 21. The number of nitrogens with zero attached hydrogens (tertiary/aromatic N) is 2. The van der Waals surface area contributed by atoms with Gasteiger partial charge in [-0.3, -0.25) is 0 Å². The normalized spacial score (nSPS) is 16.7. The minimum atomic E-state index is 0.562. The van der Waals surface area contributed by atoms with Crippen LogP contribution in [0.2, 0.25) is 0 Å². The molecule has 0 saturated heterocycles. The van der Waals surface area contributed by atoms with Gasteiger partial charge in [0.25, 0.3) is 5.01 Å². The molecule has 2 heterocycles. The van der Waals surface area contributed by atoms with Crippen LogP contribution in [0.15, 0.2) is 92.9 Å². The first kappa shape index (κ1) is 37.7. The number of hydrogen-bond acceptors (Lipinski definition) is 9. The molecule has 2 aromatic carbocycles. The number of hydrogen-bond donors (Lipinski definition) is 0. The molecule has 1 aromatic heterocycles. The second-order valence-electron chi connectivity index (χ2n) is 11.4. The topological polar surface area (TPSA) is 62.5 Å². The smallest absolute Gasteiger partial charge is 0.262 e. The van der Waals surface area contributed by atoms with Gasteiger partial charge in [-0.2, -0.15) is 4.57 Å². The Morgan fingerprint density at radius 2 is 1.43 bits per heavy atom. The lowest BCUT2D eigenvalue weighted by molar-refractivity contribution is -0.670. The molecule has 0 fully saturated rings. The van der Waals surface area contributed by atoms with E-state index < -0.39 is 0 Å². The predicted octanol–water partition coefficient (Wildman–Crippen LogP) is 7.62. The number of benzene rings is 2. The van der Waals surface area contributed by atoms with Crippen LogP contribution in [-0.2, 0) is 35.0 Å². The summed E-state index contributed by atoms with van der Waals surface area (Å²) in [5.74, 6) is 0. The van der Waals surface area contributed by atoms with Crippen molar-refractivity contribution in [2.75, 3.05) is 91.7 Å². The van der Waals surface area contributed by atoms with E-state index in [2.05, 4.69) is 82.3 Å². The Kier molecular flexibility index (Phi) is 16.2. The zero-order valence-corrected chi connectivity index (χ0v) is 31.0. The van der Waals surface area contributed by atoms with Crippen molar-refractivity contribution in [3.8, 4) is 0 Å². The number of para-hydroxylation sites is 2. The van der Waals surface area contributed by atoms with E-state index in [1.807, 2.05) is 0 Å². The third-order valence-electron chi connectivity index (χ3n) is 8.11. The summed E-state index contributed by atoms with van der Waals surface area (Å²) in [4.78, 5) is 3.59. The number of halogens is 1. The van der Waals surface area contributed by atoms with Gasteiger partial charge in [-0.05, 0) is 54.7 Å². The summed E-state index contributed by atoms with van der Waals surface area (Å²) in [6.45, 7) is 7.35. The van der Waals surface area contributed by atoms with Crippen LogP contribution in [0.4, 0.5) is 5.69 Å². The third-order valence-corrected chi connectivity index (χ3v) is 10.9. The van der Waals surface area contributed by atoms with E-state index in [4.69, 9.17) is 40.0 Å². The minimum Gasteiger partial charge on any atom is -0.382 e. The zero-order valence-electron chi connectivity index (χ0n) is 28.6. The molecule has 3 aromatic rings. The molecule has 0 bridgehead atoms. The van der Waals surface area contributed by atoms with Gasteiger partial charge >= 0.3 is 0 Å². The monoisotopic (exact) mass is 727 g/mol. The molecule has 5 rings (SSSR count). The summed E-state index contributed by atoms with van der Waals surface area (Å²) in [7, 11) is 3.35. The molecule has 0 unspecified atom stereocenters. The lowest BCUT2D eigenvalue weighted by Gasteiger charge is -2.21.